The highest BCUT2D eigenvalue weighted by atomic mass is 32.2. The maximum atomic E-state index is 15.0. The maximum Gasteiger partial charge on any atom is 0.410 e. The van der Waals surface area contributed by atoms with Crippen LogP contribution in [0, 0.1) is 0 Å². The molecule has 79 heavy (non-hydrogen) atoms. The fraction of sp³-hybridized carbons (Fsp3) is 0.623. The molecule has 4 atom stereocenters. The Bertz CT molecular complexity index is 2600. The van der Waals surface area contributed by atoms with Gasteiger partial charge in [-0.15, -0.1) is 0 Å². The summed E-state index contributed by atoms with van der Waals surface area (Å²) in [6.45, 7) is 20.5. The van der Waals surface area contributed by atoms with Gasteiger partial charge in [0.15, 0.2) is 0 Å². The van der Waals surface area contributed by atoms with Crippen LogP contribution in [0.15, 0.2) is 36.4 Å². The summed E-state index contributed by atoms with van der Waals surface area (Å²) in [7, 11) is -0.717. The molecule has 6 N–H and O–H groups in total. The number of nitrogens with zero attached hydrogens (tertiary/aromatic N) is 2. The Balaban J connectivity index is 2.29. The lowest BCUT2D eigenvalue weighted by molar-refractivity contribution is -0.145. The van der Waals surface area contributed by atoms with Crippen molar-refractivity contribution in [3.63, 3.8) is 0 Å². The molecule has 3 rings (SSSR count). The highest BCUT2D eigenvalue weighted by Gasteiger charge is 2.37. The van der Waals surface area contributed by atoms with Crippen LogP contribution in [-0.2, 0) is 59.3 Å². The van der Waals surface area contributed by atoms with Gasteiger partial charge in [-0.1, -0.05) is 12.1 Å². The zero-order chi connectivity index (χ0) is 59.8. The molecule has 0 saturated heterocycles. The van der Waals surface area contributed by atoms with E-state index >= 15 is 4.79 Å². The number of hydrogen-bond donors (Lipinski definition) is 6. The fourth-order valence-electron chi connectivity index (χ4n) is 7.33. The summed E-state index contributed by atoms with van der Waals surface area (Å²) in [6, 6.07) is 3.43. The quantitative estimate of drug-likeness (QED) is 0.0643. The van der Waals surface area contributed by atoms with Crippen LogP contribution in [0.4, 0.5) is 19.2 Å². The van der Waals surface area contributed by atoms with Gasteiger partial charge in [-0.25, -0.2) is 37.1 Å². The van der Waals surface area contributed by atoms with Crippen LogP contribution in [0.25, 0.3) is 11.1 Å². The number of rotatable bonds is 19. The van der Waals surface area contributed by atoms with E-state index in [-0.39, 0.29) is 74.9 Å². The highest BCUT2D eigenvalue weighted by Crippen LogP contribution is 2.40. The van der Waals surface area contributed by atoms with Crippen molar-refractivity contribution in [2.45, 2.75) is 149 Å². The summed E-state index contributed by atoms with van der Waals surface area (Å²) in [5.74, 6) is -3.84. The smallest absolute Gasteiger partial charge is 0.410 e. The number of amides is 7. The fourth-order valence-corrected chi connectivity index (χ4v) is 8.61. The Labute approximate surface area is 463 Å². The van der Waals surface area contributed by atoms with E-state index in [1.165, 1.54) is 39.2 Å². The number of sulfonamides is 1. The molecule has 0 saturated carbocycles. The molecule has 442 valence electrons. The lowest BCUT2D eigenvalue weighted by Gasteiger charge is -2.33. The van der Waals surface area contributed by atoms with Crippen molar-refractivity contribution < 1.29 is 79.9 Å². The average molecular weight is 1140 g/mol. The Morgan fingerprint density at radius 2 is 1.15 bits per heavy atom. The van der Waals surface area contributed by atoms with Gasteiger partial charge in [0, 0.05) is 44.7 Å². The van der Waals surface area contributed by atoms with E-state index < -0.39 is 110 Å². The Kier molecular flexibility index (Phi) is 23.6. The molecule has 0 spiro atoms. The van der Waals surface area contributed by atoms with E-state index in [9.17, 15) is 42.0 Å². The van der Waals surface area contributed by atoms with Gasteiger partial charge in [0.25, 0.3) is 0 Å². The molecule has 2 aromatic rings. The number of nitrogens with one attached hydrogen (secondary N) is 6. The van der Waals surface area contributed by atoms with Crippen molar-refractivity contribution in [2.75, 3.05) is 66.4 Å². The number of carbonyl (C=O) groups excluding carboxylic acids is 8. The van der Waals surface area contributed by atoms with Gasteiger partial charge in [0.05, 0.1) is 26.0 Å². The van der Waals surface area contributed by atoms with Crippen molar-refractivity contribution in [3.05, 3.63) is 47.5 Å². The van der Waals surface area contributed by atoms with Gasteiger partial charge in [-0.2, -0.15) is 0 Å². The van der Waals surface area contributed by atoms with E-state index in [0.717, 1.165) is 16.9 Å². The number of ether oxygens (including phenoxy) is 7. The zero-order valence-electron chi connectivity index (χ0n) is 48.4. The van der Waals surface area contributed by atoms with Crippen molar-refractivity contribution in [3.8, 4) is 22.6 Å². The molecule has 0 radical (unpaired) electrons. The van der Waals surface area contributed by atoms with Gasteiger partial charge in [0.2, 0.25) is 27.7 Å². The van der Waals surface area contributed by atoms with Crippen LogP contribution in [0.3, 0.4) is 0 Å². The van der Waals surface area contributed by atoms with Gasteiger partial charge >= 0.3 is 30.3 Å². The predicted molar refractivity (Wildman–Crippen MR) is 291 cm³/mol. The second-order valence-corrected chi connectivity index (χ2v) is 24.5. The Morgan fingerprint density at radius 3 is 1.65 bits per heavy atom. The number of methoxy groups -OCH3 is 1. The van der Waals surface area contributed by atoms with Gasteiger partial charge in [0.1, 0.15) is 71.3 Å². The van der Waals surface area contributed by atoms with Crippen LogP contribution in [0.1, 0.15) is 114 Å². The van der Waals surface area contributed by atoms with E-state index in [4.69, 9.17) is 33.2 Å². The number of hydrogen-bond acceptors (Lipinski definition) is 17. The third kappa shape index (κ3) is 23.4. The number of carbonyl (C=O) groups is 8. The highest BCUT2D eigenvalue weighted by molar-refractivity contribution is 7.89. The maximum absolute atomic E-state index is 15.0. The largest absolute Gasteiger partial charge is 0.491 e. The lowest BCUT2D eigenvalue weighted by Crippen LogP contribution is -2.55. The number of benzene rings is 2. The molecule has 0 fully saturated rings. The summed E-state index contributed by atoms with van der Waals surface area (Å²) in [5, 5.41) is 13.1. The minimum Gasteiger partial charge on any atom is -0.491 e. The number of alkyl carbamates (subject to hydrolysis) is 3. The Morgan fingerprint density at radius 1 is 0.671 bits per heavy atom. The topological polar surface area (TPSA) is 314 Å². The molecule has 0 unspecified atom stereocenters. The molecular formula is C53H82N8O17S. The standard InChI is InChI=1S/C53H82N8O17S/c1-32-42(62)58-38(45(65)72-16)30-33-17-19-39(73-26-23-55-47(67)76-51(5,6)7)35(29-33)36-31-34(18-20-40(36)74-27-24-56-48(68)77-52(8,9)10)41(43(63)57-32)61(15)44(64)37(21-22-54-46(66)75-50(2,3)4)59-79(70,71)28-25-60(14)49(69)78-53(11,12)13/h17-20,29,31-32,37-38,41,59H,21-28,30H2,1-16H3,(H,54,66)(H,55,67)(H,56,68)(H,57,63)(H,58,62)/t32-,37-,38-,41-/m0/s1. The van der Waals surface area contributed by atoms with Crippen LogP contribution in [0.5, 0.6) is 11.5 Å². The van der Waals surface area contributed by atoms with E-state index in [0.29, 0.717) is 11.1 Å². The van der Waals surface area contributed by atoms with Crippen LogP contribution < -0.4 is 40.8 Å². The van der Waals surface area contributed by atoms with Gasteiger partial charge < -0.3 is 69.5 Å². The predicted octanol–water partition coefficient (Wildman–Crippen LogP) is 4.45. The third-order valence-electron chi connectivity index (χ3n) is 10.8. The number of fused-ring (bicyclic) bond motifs is 5. The monoisotopic (exact) mass is 1130 g/mol. The van der Waals surface area contributed by atoms with Crippen molar-refractivity contribution in [1.82, 2.24) is 41.1 Å². The first-order valence-electron chi connectivity index (χ1n) is 25.7. The minimum atomic E-state index is -4.45. The van der Waals surface area contributed by atoms with E-state index in [2.05, 4.69) is 31.3 Å². The first kappa shape index (κ1) is 66.2. The summed E-state index contributed by atoms with van der Waals surface area (Å²) < 4.78 is 69.2. The first-order chi connectivity index (χ1) is 36.4. The second kappa shape index (κ2) is 28.2. The molecule has 1 aliphatic heterocycles. The molecule has 26 heteroatoms. The first-order valence-corrected chi connectivity index (χ1v) is 27.4. The SMILES string of the molecule is COC(=O)[C@@H]1Cc2ccc(OCCNC(=O)OC(C)(C)C)c(c2)-c2cc(ccc2OCCNC(=O)OC(C)(C)C)[C@H](N(C)C(=O)[C@H](CCNC(=O)OC(C)(C)C)NS(=O)(=O)CCN(C)C(=O)OC(C)(C)C)C(=O)N[C@@H](C)C(=O)N1. The molecule has 7 amide bonds. The second-order valence-electron chi connectivity index (χ2n) is 22.6. The summed E-state index contributed by atoms with van der Waals surface area (Å²) in [5.41, 5.74) is -2.20. The van der Waals surface area contributed by atoms with Crippen molar-refractivity contribution in [1.29, 1.82) is 0 Å². The molecule has 1 heterocycles. The van der Waals surface area contributed by atoms with Gasteiger partial charge in [-0.05, 0) is 132 Å². The van der Waals surface area contributed by atoms with Crippen molar-refractivity contribution >= 4 is 58.1 Å². The molecule has 25 nitrogen and oxygen atoms in total. The van der Waals surface area contributed by atoms with Crippen molar-refractivity contribution in [2.24, 2.45) is 0 Å². The normalized spacial score (nSPS) is 16.5. The zero-order valence-corrected chi connectivity index (χ0v) is 49.2. The molecule has 4 bridgehead atoms. The van der Waals surface area contributed by atoms with E-state index in [1.54, 1.807) is 101 Å². The molecule has 2 aromatic carbocycles. The van der Waals surface area contributed by atoms with Crippen LogP contribution in [-0.4, -0.2) is 173 Å². The summed E-state index contributed by atoms with van der Waals surface area (Å²) in [6.07, 6.45) is -3.53. The number of esters is 1. The van der Waals surface area contributed by atoms with Crippen LogP contribution >= 0.6 is 0 Å². The molecule has 0 aliphatic carbocycles. The van der Waals surface area contributed by atoms with Gasteiger partial charge in [-0.3, -0.25) is 14.4 Å². The molecular weight excluding hydrogens is 1050 g/mol. The Hall–Kier alpha value is -7.09. The summed E-state index contributed by atoms with van der Waals surface area (Å²) in [4.78, 5) is 110. The molecule has 1 aliphatic rings. The lowest BCUT2D eigenvalue weighted by atomic mass is 9.93. The number of likely N-dealkylation sites (N-methyl/N-ethyl adjacent to an activating group) is 1. The summed E-state index contributed by atoms with van der Waals surface area (Å²) >= 11 is 0. The van der Waals surface area contributed by atoms with Crippen LogP contribution in [0.2, 0.25) is 0 Å². The molecule has 0 aromatic heterocycles. The average Bonchev–Trinajstić information content (AvgIpc) is 3.30. The minimum absolute atomic E-state index is 0.0156. The van der Waals surface area contributed by atoms with E-state index in [1.807, 2.05) is 0 Å². The third-order valence-corrected chi connectivity index (χ3v) is 12.2.